The molecule has 102 valence electrons. The van der Waals surface area contributed by atoms with Crippen LogP contribution in [0.4, 0.5) is 0 Å². The molecule has 19 heavy (non-hydrogen) atoms. The highest BCUT2D eigenvalue weighted by molar-refractivity contribution is 6.01. The van der Waals surface area contributed by atoms with Gasteiger partial charge >= 0.3 is 0 Å². The van der Waals surface area contributed by atoms with Gasteiger partial charge in [-0.1, -0.05) is 6.92 Å². The SMILES string of the molecule is CNC(=O)c1cc(C(=O)C[C@H]2C[C@@H]2C)cnc1OC. The lowest BCUT2D eigenvalue weighted by atomic mass is 10.0. The molecule has 0 saturated heterocycles. The second kappa shape index (κ2) is 5.38. The summed E-state index contributed by atoms with van der Waals surface area (Å²) in [5.41, 5.74) is 0.762. The highest BCUT2D eigenvalue weighted by Gasteiger charge is 2.34. The topological polar surface area (TPSA) is 68.3 Å². The lowest BCUT2D eigenvalue weighted by Crippen LogP contribution is -2.20. The second-order valence-corrected chi connectivity index (χ2v) is 4.96. The summed E-state index contributed by atoms with van der Waals surface area (Å²) in [6, 6.07) is 1.56. The lowest BCUT2D eigenvalue weighted by Gasteiger charge is -2.08. The van der Waals surface area contributed by atoms with Crippen molar-refractivity contribution in [2.45, 2.75) is 19.8 Å². The molecule has 0 aromatic carbocycles. The highest BCUT2D eigenvalue weighted by atomic mass is 16.5. The summed E-state index contributed by atoms with van der Waals surface area (Å²) in [7, 11) is 2.98. The molecule has 1 saturated carbocycles. The van der Waals surface area contributed by atoms with E-state index in [0.29, 0.717) is 29.4 Å². The van der Waals surface area contributed by atoms with Gasteiger partial charge in [-0.3, -0.25) is 9.59 Å². The summed E-state index contributed by atoms with van der Waals surface area (Å²) in [6.45, 7) is 2.14. The molecule has 1 aliphatic carbocycles. The summed E-state index contributed by atoms with van der Waals surface area (Å²) in [4.78, 5) is 27.8. The van der Waals surface area contributed by atoms with E-state index in [4.69, 9.17) is 4.74 Å². The number of hydrogen-bond donors (Lipinski definition) is 1. The van der Waals surface area contributed by atoms with Crippen molar-refractivity contribution in [3.63, 3.8) is 0 Å². The standard InChI is InChI=1S/C14H18N2O3/c1-8-4-9(8)6-12(17)10-5-11(13(18)15-2)14(19-3)16-7-10/h5,7-9H,4,6H2,1-3H3,(H,15,18)/t8-,9+/m0/s1. The molecule has 1 aliphatic rings. The van der Waals surface area contributed by atoms with Crippen LogP contribution in [0.2, 0.25) is 0 Å². The lowest BCUT2D eigenvalue weighted by molar-refractivity contribution is 0.0959. The molecule has 1 aromatic rings. The zero-order valence-corrected chi connectivity index (χ0v) is 11.4. The normalized spacial score (nSPS) is 20.8. The fourth-order valence-corrected chi connectivity index (χ4v) is 2.10. The fraction of sp³-hybridized carbons (Fsp3) is 0.500. The summed E-state index contributed by atoms with van der Waals surface area (Å²) in [5.74, 6) is 1.08. The molecule has 0 aliphatic heterocycles. The van der Waals surface area contributed by atoms with Gasteiger partial charge in [-0.25, -0.2) is 4.98 Å². The molecule has 1 heterocycles. The molecule has 1 aromatic heterocycles. The van der Waals surface area contributed by atoms with Crippen molar-refractivity contribution in [1.29, 1.82) is 0 Å². The van der Waals surface area contributed by atoms with Crippen LogP contribution in [-0.2, 0) is 0 Å². The van der Waals surface area contributed by atoms with Crippen LogP contribution in [0, 0.1) is 11.8 Å². The number of nitrogens with zero attached hydrogens (tertiary/aromatic N) is 1. The number of hydrogen-bond acceptors (Lipinski definition) is 4. The van der Waals surface area contributed by atoms with Crippen molar-refractivity contribution in [2.24, 2.45) is 11.8 Å². The maximum atomic E-state index is 12.1. The van der Waals surface area contributed by atoms with Gasteiger partial charge in [-0.05, 0) is 24.3 Å². The Balaban J connectivity index is 2.21. The Morgan fingerprint density at radius 3 is 2.74 bits per heavy atom. The smallest absolute Gasteiger partial charge is 0.256 e. The minimum absolute atomic E-state index is 0.0367. The molecular formula is C14H18N2O3. The molecule has 1 amide bonds. The molecule has 0 spiro atoms. The maximum Gasteiger partial charge on any atom is 0.256 e. The Kier molecular flexibility index (Phi) is 3.83. The van der Waals surface area contributed by atoms with Gasteiger partial charge in [-0.15, -0.1) is 0 Å². The van der Waals surface area contributed by atoms with Crippen LogP contribution in [0.5, 0.6) is 5.88 Å². The number of carbonyl (C=O) groups excluding carboxylic acids is 2. The van der Waals surface area contributed by atoms with Crippen LogP contribution in [0.1, 0.15) is 40.5 Å². The maximum absolute atomic E-state index is 12.1. The number of rotatable bonds is 5. The van der Waals surface area contributed by atoms with E-state index in [2.05, 4.69) is 17.2 Å². The molecule has 0 radical (unpaired) electrons. The average Bonchev–Trinajstić information content (AvgIpc) is 3.12. The van der Waals surface area contributed by atoms with Crippen molar-refractivity contribution in [3.05, 3.63) is 23.4 Å². The van der Waals surface area contributed by atoms with Gasteiger partial charge in [0.1, 0.15) is 5.56 Å². The third-order valence-electron chi connectivity index (χ3n) is 3.56. The highest BCUT2D eigenvalue weighted by Crippen LogP contribution is 2.41. The first-order chi connectivity index (χ1) is 9.06. The van der Waals surface area contributed by atoms with E-state index in [0.717, 1.165) is 6.42 Å². The number of aromatic nitrogens is 1. The molecule has 0 bridgehead atoms. The Morgan fingerprint density at radius 2 is 2.21 bits per heavy atom. The molecule has 5 heteroatoms. The number of nitrogens with one attached hydrogen (secondary N) is 1. The predicted octanol–water partition coefficient (Wildman–Crippen LogP) is 1.68. The van der Waals surface area contributed by atoms with Crippen molar-refractivity contribution >= 4 is 11.7 Å². The summed E-state index contributed by atoms with van der Waals surface area (Å²) >= 11 is 0. The van der Waals surface area contributed by atoms with Crippen LogP contribution in [0.25, 0.3) is 0 Å². The fourth-order valence-electron chi connectivity index (χ4n) is 2.10. The Bertz CT molecular complexity index is 513. The third-order valence-corrected chi connectivity index (χ3v) is 3.56. The summed E-state index contributed by atoms with van der Waals surface area (Å²) in [5, 5.41) is 2.51. The van der Waals surface area contributed by atoms with Gasteiger partial charge in [-0.2, -0.15) is 0 Å². The molecule has 2 atom stereocenters. The van der Waals surface area contributed by atoms with E-state index in [9.17, 15) is 9.59 Å². The minimum Gasteiger partial charge on any atom is -0.480 e. The van der Waals surface area contributed by atoms with Crippen LogP contribution in [0.3, 0.4) is 0 Å². The minimum atomic E-state index is -0.307. The molecule has 2 rings (SSSR count). The van der Waals surface area contributed by atoms with E-state index in [1.165, 1.54) is 20.4 Å². The zero-order chi connectivity index (χ0) is 14.0. The first-order valence-corrected chi connectivity index (χ1v) is 6.36. The molecular weight excluding hydrogens is 244 g/mol. The summed E-state index contributed by atoms with van der Waals surface area (Å²) in [6.07, 6.45) is 3.11. The van der Waals surface area contributed by atoms with Crippen LogP contribution >= 0.6 is 0 Å². The van der Waals surface area contributed by atoms with E-state index >= 15 is 0 Å². The number of Topliss-reactive ketones (excluding diaryl/α,β-unsaturated/α-hetero) is 1. The van der Waals surface area contributed by atoms with Gasteiger partial charge in [0, 0.05) is 25.2 Å². The van der Waals surface area contributed by atoms with Gasteiger partial charge in [0.2, 0.25) is 5.88 Å². The van der Waals surface area contributed by atoms with Crippen molar-refractivity contribution in [2.75, 3.05) is 14.2 Å². The molecule has 1 N–H and O–H groups in total. The largest absolute Gasteiger partial charge is 0.480 e. The van der Waals surface area contributed by atoms with Crippen LogP contribution < -0.4 is 10.1 Å². The quantitative estimate of drug-likeness (QED) is 0.820. The number of carbonyl (C=O) groups is 2. The van der Waals surface area contributed by atoms with Crippen molar-refractivity contribution in [1.82, 2.24) is 10.3 Å². The molecule has 5 nitrogen and oxygen atoms in total. The Labute approximate surface area is 112 Å². The van der Waals surface area contributed by atoms with Crippen molar-refractivity contribution < 1.29 is 14.3 Å². The first kappa shape index (κ1) is 13.5. The number of ketones is 1. The number of pyridine rings is 1. The Morgan fingerprint density at radius 1 is 1.53 bits per heavy atom. The van der Waals surface area contributed by atoms with Gasteiger partial charge in [0.15, 0.2) is 5.78 Å². The molecule has 0 unspecified atom stereocenters. The van der Waals surface area contributed by atoms with Crippen LogP contribution in [-0.4, -0.2) is 30.8 Å². The Hall–Kier alpha value is -1.91. The zero-order valence-electron chi connectivity index (χ0n) is 11.4. The number of amides is 1. The molecule has 1 fully saturated rings. The second-order valence-electron chi connectivity index (χ2n) is 4.96. The van der Waals surface area contributed by atoms with Gasteiger partial charge in [0.05, 0.1) is 7.11 Å². The van der Waals surface area contributed by atoms with Crippen molar-refractivity contribution in [3.8, 4) is 5.88 Å². The number of ether oxygens (including phenoxy) is 1. The van der Waals surface area contributed by atoms with Gasteiger partial charge in [0.25, 0.3) is 5.91 Å². The van der Waals surface area contributed by atoms with Gasteiger partial charge < -0.3 is 10.1 Å². The number of methoxy groups -OCH3 is 1. The van der Waals surface area contributed by atoms with E-state index < -0.39 is 0 Å². The average molecular weight is 262 g/mol. The van der Waals surface area contributed by atoms with E-state index in [1.54, 1.807) is 6.07 Å². The predicted molar refractivity (Wildman–Crippen MR) is 70.4 cm³/mol. The third kappa shape index (κ3) is 2.92. The first-order valence-electron chi connectivity index (χ1n) is 6.36. The summed E-state index contributed by atoms with van der Waals surface area (Å²) < 4.78 is 5.03. The van der Waals surface area contributed by atoms with E-state index in [1.807, 2.05) is 0 Å². The monoisotopic (exact) mass is 262 g/mol. The van der Waals surface area contributed by atoms with E-state index in [-0.39, 0.29) is 17.6 Å². The van der Waals surface area contributed by atoms with Crippen LogP contribution in [0.15, 0.2) is 12.3 Å².